The number of primary amides is 1. The zero-order chi connectivity index (χ0) is 17.7. The quantitative estimate of drug-likeness (QED) is 0.578. The van der Waals surface area contributed by atoms with Crippen LogP contribution in [0.15, 0.2) is 24.3 Å². The first-order valence-electron chi connectivity index (χ1n) is 7.95. The van der Waals surface area contributed by atoms with Gasteiger partial charge in [0, 0.05) is 18.0 Å². The molecule has 4 heteroatoms. The summed E-state index contributed by atoms with van der Waals surface area (Å²) in [6.07, 6.45) is 3.67. The highest BCUT2D eigenvalue weighted by Crippen LogP contribution is 2.12. The Kier molecular flexibility index (Phi) is 10.8. The van der Waals surface area contributed by atoms with Crippen LogP contribution in [0.1, 0.15) is 51.7 Å². The summed E-state index contributed by atoms with van der Waals surface area (Å²) in [5.41, 5.74) is 5.68. The summed E-state index contributed by atoms with van der Waals surface area (Å²) in [5.74, 6) is 5.84. The van der Waals surface area contributed by atoms with E-state index in [4.69, 9.17) is 4.79 Å². The Labute approximate surface area is 140 Å². The Morgan fingerprint density at radius 1 is 1.39 bits per heavy atom. The Balaban J connectivity index is 0.000000442. The van der Waals surface area contributed by atoms with Gasteiger partial charge >= 0.3 is 0 Å². The average molecular weight is 318 g/mol. The fraction of sp³-hybridized carbons (Fsp3) is 0.526. The maximum absolute atomic E-state index is 9.62. The molecule has 23 heavy (non-hydrogen) atoms. The van der Waals surface area contributed by atoms with Crippen molar-refractivity contribution in [1.29, 1.82) is 0 Å². The molecule has 4 N–H and O–H groups in total. The molecule has 0 aliphatic carbocycles. The summed E-state index contributed by atoms with van der Waals surface area (Å²) in [5, 5.41) is 12.9. The van der Waals surface area contributed by atoms with Gasteiger partial charge in [0.15, 0.2) is 0 Å². The summed E-state index contributed by atoms with van der Waals surface area (Å²) in [6, 6.07) is 8.79. The number of aliphatic hydroxyl groups is 1. The van der Waals surface area contributed by atoms with Crippen molar-refractivity contribution < 1.29 is 9.90 Å². The topological polar surface area (TPSA) is 75.3 Å². The normalized spacial score (nSPS) is 16.0. The van der Waals surface area contributed by atoms with Crippen molar-refractivity contribution in [1.82, 2.24) is 5.32 Å². The summed E-state index contributed by atoms with van der Waals surface area (Å²) < 4.78 is 0. The number of nitrogens with one attached hydrogen (secondary N) is 1. The SMILES string of the molecule is CC#Cc1ccc(CC(C)(C)O)cc1.CC1CCCN1.NC=O. The molecule has 1 aromatic carbocycles. The van der Waals surface area contributed by atoms with Crippen LogP contribution in [0.25, 0.3) is 0 Å². The minimum Gasteiger partial charge on any atom is -0.390 e. The molecule has 1 aromatic rings. The third-order valence-electron chi connectivity index (χ3n) is 3.17. The van der Waals surface area contributed by atoms with Crippen LogP contribution in [0.4, 0.5) is 0 Å². The number of hydrogen-bond acceptors (Lipinski definition) is 3. The second-order valence-corrected chi connectivity index (χ2v) is 6.19. The molecule has 2 rings (SSSR count). The Hall–Kier alpha value is -1.83. The lowest BCUT2D eigenvalue weighted by Gasteiger charge is -2.16. The van der Waals surface area contributed by atoms with Gasteiger partial charge in [0.05, 0.1) is 5.60 Å². The number of nitrogens with two attached hydrogens (primary N) is 1. The van der Waals surface area contributed by atoms with E-state index in [1.165, 1.54) is 19.4 Å². The standard InChI is InChI=1S/C13H16O.C5H11N.CH3NO/c1-4-5-11-6-8-12(9-7-11)10-13(2,3)14;1-5-3-2-4-6-5;2-1-3/h6-9,14H,10H2,1-3H3;5-6H,2-4H2,1H3;1H,(H2,2,3). The minimum absolute atomic E-state index is 0.250. The van der Waals surface area contributed by atoms with E-state index in [0.29, 0.717) is 6.42 Å². The predicted octanol–water partition coefficient (Wildman–Crippen LogP) is 2.23. The number of amides is 1. The second-order valence-electron chi connectivity index (χ2n) is 6.19. The largest absolute Gasteiger partial charge is 0.390 e. The number of hydrogen-bond donors (Lipinski definition) is 3. The molecule has 1 saturated heterocycles. The van der Waals surface area contributed by atoms with Crippen LogP contribution in [-0.4, -0.2) is 29.7 Å². The molecule has 1 unspecified atom stereocenters. The van der Waals surface area contributed by atoms with Gasteiger partial charge in [-0.25, -0.2) is 0 Å². The first kappa shape index (κ1) is 21.2. The third kappa shape index (κ3) is 12.4. The first-order valence-corrected chi connectivity index (χ1v) is 7.95. The van der Waals surface area contributed by atoms with Crippen LogP contribution >= 0.6 is 0 Å². The molecule has 1 aliphatic rings. The minimum atomic E-state index is -0.641. The van der Waals surface area contributed by atoms with Gasteiger partial charge in [-0.2, -0.15) is 0 Å². The van der Waals surface area contributed by atoms with Crippen molar-refractivity contribution in [2.75, 3.05) is 6.54 Å². The van der Waals surface area contributed by atoms with E-state index in [0.717, 1.165) is 17.2 Å². The smallest absolute Gasteiger partial charge is 0.204 e. The number of carbonyl (C=O) groups excluding carboxylic acids is 1. The highest BCUT2D eigenvalue weighted by atomic mass is 16.3. The van der Waals surface area contributed by atoms with Gasteiger partial charge in [0.1, 0.15) is 0 Å². The highest BCUT2D eigenvalue weighted by Gasteiger charge is 2.12. The van der Waals surface area contributed by atoms with E-state index < -0.39 is 5.60 Å². The van der Waals surface area contributed by atoms with Crippen molar-refractivity contribution in [3.05, 3.63) is 35.4 Å². The Morgan fingerprint density at radius 2 is 1.96 bits per heavy atom. The monoisotopic (exact) mass is 318 g/mol. The summed E-state index contributed by atoms with van der Waals surface area (Å²) >= 11 is 0. The maximum Gasteiger partial charge on any atom is 0.204 e. The summed E-state index contributed by atoms with van der Waals surface area (Å²) in [4.78, 5) is 8.58. The lowest BCUT2D eigenvalue weighted by Crippen LogP contribution is -2.21. The van der Waals surface area contributed by atoms with Crippen molar-refractivity contribution in [2.45, 2.75) is 58.6 Å². The van der Waals surface area contributed by atoms with Gasteiger partial charge in [0.2, 0.25) is 6.41 Å². The Bertz CT molecular complexity index is 487. The van der Waals surface area contributed by atoms with Gasteiger partial charge in [-0.15, -0.1) is 5.92 Å². The highest BCUT2D eigenvalue weighted by molar-refractivity contribution is 5.42. The molecule has 4 nitrogen and oxygen atoms in total. The van der Waals surface area contributed by atoms with Crippen LogP contribution < -0.4 is 11.1 Å². The molecular weight excluding hydrogens is 288 g/mol. The fourth-order valence-corrected chi connectivity index (χ4v) is 2.21. The molecule has 1 aliphatic heterocycles. The fourth-order valence-electron chi connectivity index (χ4n) is 2.21. The first-order chi connectivity index (χ1) is 10.8. The van der Waals surface area contributed by atoms with Gasteiger partial charge in [-0.3, -0.25) is 4.79 Å². The van der Waals surface area contributed by atoms with Crippen LogP contribution in [0, 0.1) is 11.8 Å². The molecule has 1 heterocycles. The maximum atomic E-state index is 9.62. The Morgan fingerprint density at radius 3 is 2.26 bits per heavy atom. The summed E-state index contributed by atoms with van der Waals surface area (Å²) in [6.45, 7) is 8.92. The number of rotatable bonds is 2. The number of carbonyl (C=O) groups is 1. The van der Waals surface area contributed by atoms with E-state index in [9.17, 15) is 5.11 Å². The molecule has 128 valence electrons. The van der Waals surface area contributed by atoms with E-state index in [2.05, 4.69) is 29.8 Å². The van der Waals surface area contributed by atoms with Crippen molar-refractivity contribution >= 4 is 6.41 Å². The van der Waals surface area contributed by atoms with E-state index in [1.54, 1.807) is 0 Å². The van der Waals surface area contributed by atoms with Crippen LogP contribution in [0.2, 0.25) is 0 Å². The molecule has 1 amide bonds. The lowest BCUT2D eigenvalue weighted by molar-refractivity contribution is -0.106. The molecule has 0 saturated carbocycles. The zero-order valence-electron chi connectivity index (χ0n) is 14.7. The van der Waals surface area contributed by atoms with E-state index in [-0.39, 0.29) is 6.41 Å². The molecule has 0 radical (unpaired) electrons. The van der Waals surface area contributed by atoms with Crippen molar-refractivity contribution in [2.24, 2.45) is 5.73 Å². The molecule has 1 atom stereocenters. The number of benzene rings is 1. The van der Waals surface area contributed by atoms with Gasteiger partial charge in [-0.1, -0.05) is 18.1 Å². The lowest BCUT2D eigenvalue weighted by atomic mass is 9.98. The van der Waals surface area contributed by atoms with Crippen molar-refractivity contribution in [3.63, 3.8) is 0 Å². The van der Waals surface area contributed by atoms with E-state index >= 15 is 0 Å². The molecule has 1 fully saturated rings. The van der Waals surface area contributed by atoms with Crippen LogP contribution in [0.3, 0.4) is 0 Å². The molecular formula is C19H30N2O2. The molecule has 0 aromatic heterocycles. The summed E-state index contributed by atoms with van der Waals surface area (Å²) in [7, 11) is 0. The van der Waals surface area contributed by atoms with Gasteiger partial charge < -0.3 is 16.2 Å². The van der Waals surface area contributed by atoms with Crippen molar-refractivity contribution in [3.8, 4) is 11.8 Å². The predicted molar refractivity (Wildman–Crippen MR) is 95.9 cm³/mol. The molecule has 0 bridgehead atoms. The third-order valence-corrected chi connectivity index (χ3v) is 3.17. The van der Waals surface area contributed by atoms with E-state index in [1.807, 2.05) is 45.0 Å². The average Bonchev–Trinajstić information content (AvgIpc) is 2.92. The zero-order valence-corrected chi connectivity index (χ0v) is 14.7. The van der Waals surface area contributed by atoms with Crippen LogP contribution in [0.5, 0.6) is 0 Å². The van der Waals surface area contributed by atoms with Gasteiger partial charge in [0.25, 0.3) is 0 Å². The second kappa shape index (κ2) is 11.7. The van der Waals surface area contributed by atoms with Crippen LogP contribution in [-0.2, 0) is 11.2 Å². The van der Waals surface area contributed by atoms with Gasteiger partial charge in [-0.05, 0) is 64.8 Å². The molecule has 0 spiro atoms.